The normalized spacial score (nSPS) is 9.91. The lowest BCUT2D eigenvalue weighted by Crippen LogP contribution is -2.31. The maximum atomic E-state index is 5.83. The Hall–Kier alpha value is -1.98. The molecule has 6 heteroatoms. The first-order valence-electron chi connectivity index (χ1n) is 6.75. The fourth-order valence-corrected chi connectivity index (χ4v) is 2.12. The van der Waals surface area contributed by atoms with Crippen molar-refractivity contribution in [2.24, 2.45) is 0 Å². The Kier molecular flexibility index (Phi) is 6.30. The van der Waals surface area contributed by atoms with Gasteiger partial charge in [0, 0.05) is 10.7 Å². The molecule has 0 saturated carbocycles. The van der Waals surface area contributed by atoms with Gasteiger partial charge in [-0.1, -0.05) is 23.7 Å². The summed E-state index contributed by atoms with van der Waals surface area (Å²) in [6.45, 7) is 1.06. The predicted molar refractivity (Wildman–Crippen MR) is 94.2 cm³/mol. The minimum atomic E-state index is 0.475. The van der Waals surface area contributed by atoms with Gasteiger partial charge in [0.05, 0.1) is 13.7 Å². The summed E-state index contributed by atoms with van der Waals surface area (Å²) in [5, 5.41) is 7.37. The Labute approximate surface area is 140 Å². The van der Waals surface area contributed by atoms with Crippen LogP contribution in [0.3, 0.4) is 0 Å². The summed E-state index contributed by atoms with van der Waals surface area (Å²) in [6, 6.07) is 14.9. The van der Waals surface area contributed by atoms with E-state index in [1.165, 1.54) is 0 Å². The monoisotopic (exact) mass is 336 g/mol. The summed E-state index contributed by atoms with van der Waals surface area (Å²) in [5.74, 6) is 1.42. The van der Waals surface area contributed by atoms with E-state index in [1.54, 1.807) is 19.2 Å². The van der Waals surface area contributed by atoms with Crippen LogP contribution in [0.25, 0.3) is 0 Å². The van der Waals surface area contributed by atoms with Gasteiger partial charge in [0.25, 0.3) is 0 Å². The average Bonchev–Trinajstić information content (AvgIpc) is 2.54. The van der Waals surface area contributed by atoms with Crippen LogP contribution in [-0.4, -0.2) is 25.4 Å². The highest BCUT2D eigenvalue weighted by molar-refractivity contribution is 7.80. The summed E-state index contributed by atoms with van der Waals surface area (Å²) in [6.07, 6.45) is 0. The van der Waals surface area contributed by atoms with E-state index in [2.05, 4.69) is 10.6 Å². The molecule has 0 bridgehead atoms. The number of methoxy groups -OCH3 is 1. The third-order valence-corrected chi connectivity index (χ3v) is 3.31. The molecule has 4 nitrogen and oxygen atoms in total. The number of rotatable bonds is 6. The highest BCUT2D eigenvalue weighted by atomic mass is 35.5. The molecule has 0 fully saturated rings. The number of nitrogens with one attached hydrogen (secondary N) is 2. The second-order valence-corrected chi connectivity index (χ2v) is 5.23. The van der Waals surface area contributed by atoms with Crippen LogP contribution in [-0.2, 0) is 0 Å². The van der Waals surface area contributed by atoms with Gasteiger partial charge in [-0.2, -0.15) is 0 Å². The van der Waals surface area contributed by atoms with Gasteiger partial charge in [0.1, 0.15) is 6.61 Å². The van der Waals surface area contributed by atoms with Gasteiger partial charge in [-0.15, -0.1) is 0 Å². The van der Waals surface area contributed by atoms with Crippen LogP contribution >= 0.6 is 23.8 Å². The molecule has 0 aliphatic rings. The van der Waals surface area contributed by atoms with E-state index < -0.39 is 0 Å². The lowest BCUT2D eigenvalue weighted by atomic mass is 10.3. The lowest BCUT2D eigenvalue weighted by Gasteiger charge is -2.12. The zero-order chi connectivity index (χ0) is 15.8. The van der Waals surface area contributed by atoms with Gasteiger partial charge in [0.2, 0.25) is 0 Å². The third-order valence-electron chi connectivity index (χ3n) is 2.82. The quantitative estimate of drug-likeness (QED) is 0.621. The second kappa shape index (κ2) is 8.46. The molecule has 2 rings (SSSR count). The smallest absolute Gasteiger partial charge is 0.170 e. The number of halogens is 1. The zero-order valence-electron chi connectivity index (χ0n) is 12.1. The molecule has 2 aromatic rings. The molecule has 116 valence electrons. The molecule has 2 N–H and O–H groups in total. The topological polar surface area (TPSA) is 42.5 Å². The van der Waals surface area contributed by atoms with Crippen molar-refractivity contribution in [1.82, 2.24) is 5.32 Å². The second-order valence-electron chi connectivity index (χ2n) is 4.39. The van der Waals surface area contributed by atoms with E-state index in [9.17, 15) is 0 Å². The van der Waals surface area contributed by atoms with Crippen LogP contribution in [0.4, 0.5) is 5.69 Å². The number of thiocarbonyl (C=S) groups is 1. The lowest BCUT2D eigenvalue weighted by molar-refractivity contribution is 0.298. The fraction of sp³-hybridized carbons (Fsp3) is 0.188. The average molecular weight is 337 g/mol. The van der Waals surface area contributed by atoms with Crippen molar-refractivity contribution in [3.05, 3.63) is 53.6 Å². The highest BCUT2D eigenvalue weighted by Crippen LogP contribution is 2.25. The van der Waals surface area contributed by atoms with Gasteiger partial charge in [-0.05, 0) is 48.6 Å². The van der Waals surface area contributed by atoms with E-state index in [1.807, 2.05) is 36.4 Å². The summed E-state index contributed by atoms with van der Waals surface area (Å²) in [7, 11) is 1.62. The van der Waals surface area contributed by atoms with Crippen LogP contribution in [0, 0.1) is 0 Å². The Morgan fingerprint density at radius 1 is 1.09 bits per heavy atom. The maximum absolute atomic E-state index is 5.83. The molecule has 0 unspecified atom stereocenters. The number of ether oxygens (including phenoxy) is 2. The Balaban J connectivity index is 1.72. The highest BCUT2D eigenvalue weighted by Gasteiger charge is 2.02. The van der Waals surface area contributed by atoms with Gasteiger partial charge >= 0.3 is 0 Å². The largest absolute Gasteiger partial charge is 0.493 e. The minimum absolute atomic E-state index is 0.475. The Bertz CT molecular complexity index is 620. The Morgan fingerprint density at radius 2 is 1.77 bits per heavy atom. The third kappa shape index (κ3) is 5.09. The van der Waals surface area contributed by atoms with Crippen LogP contribution in [0.1, 0.15) is 0 Å². The number of hydrogen-bond donors (Lipinski definition) is 2. The van der Waals surface area contributed by atoms with Crippen LogP contribution in [0.2, 0.25) is 5.02 Å². The molecule has 0 atom stereocenters. The zero-order valence-corrected chi connectivity index (χ0v) is 13.7. The molecule has 22 heavy (non-hydrogen) atoms. The van der Waals surface area contributed by atoms with E-state index in [0.717, 1.165) is 5.69 Å². The van der Waals surface area contributed by atoms with E-state index in [-0.39, 0.29) is 0 Å². The minimum Gasteiger partial charge on any atom is -0.493 e. The van der Waals surface area contributed by atoms with Crippen LogP contribution in [0.5, 0.6) is 11.5 Å². The molecule has 0 heterocycles. The maximum Gasteiger partial charge on any atom is 0.170 e. The van der Waals surface area contributed by atoms with Crippen molar-refractivity contribution in [2.45, 2.75) is 0 Å². The van der Waals surface area contributed by atoms with Crippen LogP contribution in [0.15, 0.2) is 48.5 Å². The summed E-state index contributed by atoms with van der Waals surface area (Å²) < 4.78 is 10.9. The standard InChI is InChI=1S/C16H17ClN2O2S/c1-20-14-4-2-3-5-15(14)21-11-10-18-16(22)19-13-8-6-12(17)7-9-13/h2-9H,10-11H2,1H3,(H2,18,19,22). The molecule has 0 aliphatic carbocycles. The van der Waals surface area contributed by atoms with Crippen molar-refractivity contribution >= 4 is 34.6 Å². The molecule has 0 aromatic heterocycles. The fourth-order valence-electron chi connectivity index (χ4n) is 1.77. The summed E-state index contributed by atoms with van der Waals surface area (Å²) >= 11 is 11.0. The first kappa shape index (κ1) is 16.4. The molecule has 0 amide bonds. The van der Waals surface area contributed by atoms with E-state index in [0.29, 0.717) is 34.8 Å². The summed E-state index contributed by atoms with van der Waals surface area (Å²) in [5.41, 5.74) is 0.882. The van der Waals surface area contributed by atoms with Gasteiger partial charge in [-0.3, -0.25) is 0 Å². The predicted octanol–water partition coefficient (Wildman–Crippen LogP) is 3.71. The Morgan fingerprint density at radius 3 is 2.45 bits per heavy atom. The molecule has 0 radical (unpaired) electrons. The van der Waals surface area contributed by atoms with Crippen molar-refractivity contribution < 1.29 is 9.47 Å². The SMILES string of the molecule is COc1ccccc1OCCNC(=S)Nc1ccc(Cl)cc1. The molecular formula is C16H17ClN2O2S. The molecule has 0 spiro atoms. The molecule has 2 aromatic carbocycles. The number of hydrogen-bond acceptors (Lipinski definition) is 3. The van der Waals surface area contributed by atoms with E-state index >= 15 is 0 Å². The van der Waals surface area contributed by atoms with Crippen molar-refractivity contribution in [3.63, 3.8) is 0 Å². The van der Waals surface area contributed by atoms with Crippen molar-refractivity contribution in [1.29, 1.82) is 0 Å². The van der Waals surface area contributed by atoms with E-state index in [4.69, 9.17) is 33.3 Å². The van der Waals surface area contributed by atoms with Crippen molar-refractivity contribution in [2.75, 3.05) is 25.6 Å². The molecule has 0 saturated heterocycles. The number of anilines is 1. The van der Waals surface area contributed by atoms with Crippen molar-refractivity contribution in [3.8, 4) is 11.5 Å². The molecular weight excluding hydrogens is 320 g/mol. The number of para-hydroxylation sites is 2. The molecule has 0 aliphatic heterocycles. The number of benzene rings is 2. The van der Waals surface area contributed by atoms with Crippen LogP contribution < -0.4 is 20.1 Å². The first-order chi connectivity index (χ1) is 10.7. The van der Waals surface area contributed by atoms with Gasteiger partial charge < -0.3 is 20.1 Å². The summed E-state index contributed by atoms with van der Waals surface area (Å²) in [4.78, 5) is 0. The first-order valence-corrected chi connectivity index (χ1v) is 7.54. The van der Waals surface area contributed by atoms with Gasteiger partial charge in [0.15, 0.2) is 16.6 Å². The van der Waals surface area contributed by atoms with Gasteiger partial charge in [-0.25, -0.2) is 0 Å².